The number of rotatable bonds is 7. The first-order valence-electron chi connectivity index (χ1n) is 9.28. The van der Waals surface area contributed by atoms with E-state index in [1.807, 2.05) is 79.0 Å². The summed E-state index contributed by atoms with van der Waals surface area (Å²) in [5, 5.41) is 6.64. The normalized spacial score (nSPS) is 10.4. The maximum Gasteiger partial charge on any atom is 0.229 e. The van der Waals surface area contributed by atoms with Crippen molar-refractivity contribution in [3.8, 4) is 17.0 Å². The van der Waals surface area contributed by atoms with Gasteiger partial charge in [0, 0.05) is 42.3 Å². The van der Waals surface area contributed by atoms with Crippen molar-refractivity contribution >= 4 is 17.5 Å². The second kappa shape index (κ2) is 8.84. The third-order valence-corrected chi connectivity index (χ3v) is 4.32. The molecule has 2 aromatic carbocycles. The molecular formula is C23H21N5O. The van der Waals surface area contributed by atoms with E-state index in [0.717, 1.165) is 34.1 Å². The van der Waals surface area contributed by atoms with Gasteiger partial charge in [-0.2, -0.15) is 4.98 Å². The molecule has 2 N–H and O–H groups in total. The van der Waals surface area contributed by atoms with E-state index in [1.165, 1.54) is 0 Å². The topological polar surface area (TPSA) is 72.0 Å². The van der Waals surface area contributed by atoms with Crippen LogP contribution in [0.4, 0.5) is 17.5 Å². The minimum atomic E-state index is 0.508. The monoisotopic (exact) mass is 383 g/mol. The summed E-state index contributed by atoms with van der Waals surface area (Å²) in [7, 11) is 1.64. The Morgan fingerprint density at radius 2 is 1.79 bits per heavy atom. The molecule has 0 aliphatic heterocycles. The SMILES string of the molecule is COc1cccc(Nc2nc(NCc3cccnc3)cc(-c3ccccc3)n2)c1. The summed E-state index contributed by atoms with van der Waals surface area (Å²) in [6.07, 6.45) is 3.60. The van der Waals surface area contributed by atoms with E-state index in [9.17, 15) is 0 Å². The number of ether oxygens (including phenoxy) is 1. The Bertz CT molecular complexity index is 1070. The number of nitrogens with one attached hydrogen (secondary N) is 2. The quantitative estimate of drug-likeness (QED) is 0.473. The van der Waals surface area contributed by atoms with E-state index < -0.39 is 0 Å². The van der Waals surface area contributed by atoms with Gasteiger partial charge in [-0.1, -0.05) is 42.5 Å². The van der Waals surface area contributed by atoms with Crippen LogP contribution in [0.15, 0.2) is 85.2 Å². The Balaban J connectivity index is 1.64. The van der Waals surface area contributed by atoms with E-state index >= 15 is 0 Å². The van der Waals surface area contributed by atoms with Crippen molar-refractivity contribution < 1.29 is 4.74 Å². The number of hydrogen-bond donors (Lipinski definition) is 2. The van der Waals surface area contributed by atoms with Gasteiger partial charge in [0.2, 0.25) is 5.95 Å². The van der Waals surface area contributed by atoms with Crippen LogP contribution in [0.3, 0.4) is 0 Å². The van der Waals surface area contributed by atoms with Crippen LogP contribution < -0.4 is 15.4 Å². The zero-order valence-electron chi connectivity index (χ0n) is 16.0. The van der Waals surface area contributed by atoms with Crippen LogP contribution in [0.25, 0.3) is 11.3 Å². The summed E-state index contributed by atoms with van der Waals surface area (Å²) < 4.78 is 5.30. The van der Waals surface area contributed by atoms with Crippen LogP contribution in [0, 0.1) is 0 Å². The molecule has 29 heavy (non-hydrogen) atoms. The number of nitrogens with zero attached hydrogens (tertiary/aromatic N) is 3. The zero-order valence-corrected chi connectivity index (χ0v) is 16.0. The van der Waals surface area contributed by atoms with Gasteiger partial charge in [0.05, 0.1) is 12.8 Å². The van der Waals surface area contributed by atoms with E-state index in [-0.39, 0.29) is 0 Å². The van der Waals surface area contributed by atoms with Crippen molar-refractivity contribution in [3.63, 3.8) is 0 Å². The Morgan fingerprint density at radius 1 is 0.897 bits per heavy atom. The lowest BCUT2D eigenvalue weighted by Crippen LogP contribution is -2.06. The molecule has 0 fully saturated rings. The van der Waals surface area contributed by atoms with E-state index in [4.69, 9.17) is 9.72 Å². The summed E-state index contributed by atoms with van der Waals surface area (Å²) in [5.41, 5.74) is 3.79. The van der Waals surface area contributed by atoms with Gasteiger partial charge in [0.25, 0.3) is 0 Å². The average molecular weight is 383 g/mol. The van der Waals surface area contributed by atoms with Gasteiger partial charge in [-0.05, 0) is 23.8 Å². The van der Waals surface area contributed by atoms with Gasteiger partial charge >= 0.3 is 0 Å². The standard InChI is InChI=1S/C23H21N5O/c1-29-20-11-5-10-19(13-20)26-23-27-21(18-8-3-2-4-9-18)14-22(28-23)25-16-17-7-6-12-24-15-17/h2-15H,16H2,1H3,(H2,25,26,27,28). The molecule has 0 aliphatic rings. The summed E-state index contributed by atoms with van der Waals surface area (Å²) in [6.45, 7) is 0.623. The van der Waals surface area contributed by atoms with Gasteiger partial charge in [-0.25, -0.2) is 4.98 Å². The Morgan fingerprint density at radius 3 is 2.59 bits per heavy atom. The highest BCUT2D eigenvalue weighted by atomic mass is 16.5. The van der Waals surface area contributed by atoms with Gasteiger partial charge in [-0.3, -0.25) is 4.98 Å². The molecule has 6 heteroatoms. The van der Waals surface area contributed by atoms with Gasteiger partial charge in [-0.15, -0.1) is 0 Å². The molecule has 4 rings (SSSR count). The first kappa shape index (κ1) is 18.4. The average Bonchev–Trinajstić information content (AvgIpc) is 2.79. The number of pyridine rings is 1. The van der Waals surface area contributed by atoms with Crippen LogP contribution in [0.2, 0.25) is 0 Å². The van der Waals surface area contributed by atoms with Gasteiger partial charge < -0.3 is 15.4 Å². The molecule has 0 radical (unpaired) electrons. The third kappa shape index (κ3) is 4.87. The van der Waals surface area contributed by atoms with Crippen molar-refractivity contribution in [2.24, 2.45) is 0 Å². The van der Waals surface area contributed by atoms with Crippen molar-refractivity contribution in [2.45, 2.75) is 6.54 Å². The highest BCUT2D eigenvalue weighted by Gasteiger charge is 2.08. The molecule has 6 nitrogen and oxygen atoms in total. The van der Waals surface area contributed by atoms with Crippen molar-refractivity contribution in [3.05, 3.63) is 90.8 Å². The van der Waals surface area contributed by atoms with Crippen LogP contribution >= 0.6 is 0 Å². The second-order valence-corrected chi connectivity index (χ2v) is 6.40. The predicted molar refractivity (Wildman–Crippen MR) is 115 cm³/mol. The van der Waals surface area contributed by atoms with Crippen LogP contribution in [0.1, 0.15) is 5.56 Å². The molecule has 0 aliphatic carbocycles. The molecule has 2 aromatic heterocycles. The Kier molecular flexibility index (Phi) is 5.62. The number of benzene rings is 2. The molecule has 0 spiro atoms. The fourth-order valence-electron chi connectivity index (χ4n) is 2.88. The van der Waals surface area contributed by atoms with E-state index in [1.54, 1.807) is 13.3 Å². The number of methoxy groups -OCH3 is 1. The third-order valence-electron chi connectivity index (χ3n) is 4.32. The number of hydrogen-bond acceptors (Lipinski definition) is 6. The molecule has 0 atom stereocenters. The summed E-state index contributed by atoms with van der Waals surface area (Å²) in [4.78, 5) is 13.5. The minimum Gasteiger partial charge on any atom is -0.497 e. The van der Waals surface area contributed by atoms with Gasteiger partial charge in [0.15, 0.2) is 0 Å². The summed E-state index contributed by atoms with van der Waals surface area (Å²) >= 11 is 0. The lowest BCUT2D eigenvalue weighted by molar-refractivity contribution is 0.415. The van der Waals surface area contributed by atoms with Crippen molar-refractivity contribution in [2.75, 3.05) is 17.7 Å². The number of aromatic nitrogens is 3. The van der Waals surface area contributed by atoms with Crippen LogP contribution in [-0.2, 0) is 6.54 Å². The largest absolute Gasteiger partial charge is 0.497 e. The van der Waals surface area contributed by atoms with Gasteiger partial charge in [0.1, 0.15) is 11.6 Å². The molecule has 0 unspecified atom stereocenters. The van der Waals surface area contributed by atoms with Crippen molar-refractivity contribution in [1.82, 2.24) is 15.0 Å². The molecular weight excluding hydrogens is 362 g/mol. The minimum absolute atomic E-state index is 0.508. The summed E-state index contributed by atoms with van der Waals surface area (Å²) in [6, 6.07) is 23.6. The Labute approximate surface area is 169 Å². The lowest BCUT2D eigenvalue weighted by atomic mass is 10.1. The molecule has 0 saturated heterocycles. The predicted octanol–water partition coefficient (Wildman–Crippen LogP) is 4.90. The fraction of sp³-hybridized carbons (Fsp3) is 0.0870. The zero-order chi connectivity index (χ0) is 19.9. The first-order valence-corrected chi connectivity index (χ1v) is 9.28. The fourth-order valence-corrected chi connectivity index (χ4v) is 2.88. The molecule has 0 bridgehead atoms. The maximum absolute atomic E-state index is 5.30. The molecule has 4 aromatic rings. The molecule has 0 saturated carbocycles. The lowest BCUT2D eigenvalue weighted by Gasteiger charge is -2.12. The molecule has 0 amide bonds. The van der Waals surface area contributed by atoms with Crippen molar-refractivity contribution in [1.29, 1.82) is 0 Å². The number of anilines is 3. The highest BCUT2D eigenvalue weighted by Crippen LogP contribution is 2.24. The van der Waals surface area contributed by atoms with E-state index in [2.05, 4.69) is 20.6 Å². The highest BCUT2D eigenvalue weighted by molar-refractivity contribution is 5.66. The van der Waals surface area contributed by atoms with Crippen LogP contribution in [0.5, 0.6) is 5.75 Å². The smallest absolute Gasteiger partial charge is 0.229 e. The Hall–Kier alpha value is -3.93. The molecule has 2 heterocycles. The van der Waals surface area contributed by atoms with Crippen LogP contribution in [-0.4, -0.2) is 22.1 Å². The van der Waals surface area contributed by atoms with E-state index in [0.29, 0.717) is 12.5 Å². The first-order chi connectivity index (χ1) is 14.3. The second-order valence-electron chi connectivity index (χ2n) is 6.40. The maximum atomic E-state index is 5.30. The summed E-state index contributed by atoms with van der Waals surface area (Å²) in [5.74, 6) is 2.01. The molecule has 144 valence electrons.